The first-order valence-corrected chi connectivity index (χ1v) is 6.77. The maximum absolute atomic E-state index is 14.2. The second kappa shape index (κ2) is 5.55. The van der Waals surface area contributed by atoms with Gasteiger partial charge in [0, 0.05) is 12.1 Å². The molecule has 106 valence electrons. The summed E-state index contributed by atoms with van der Waals surface area (Å²) < 4.78 is 28.3. The molecule has 1 saturated heterocycles. The lowest BCUT2D eigenvalue weighted by Gasteiger charge is -2.27. The van der Waals surface area contributed by atoms with Crippen LogP contribution in [0.4, 0.5) is 8.78 Å². The Kier molecular flexibility index (Phi) is 4.21. The second-order valence-corrected chi connectivity index (χ2v) is 5.70. The van der Waals surface area contributed by atoms with Gasteiger partial charge in [-0.1, -0.05) is 30.3 Å². The Balaban J connectivity index is 2.00. The van der Waals surface area contributed by atoms with Gasteiger partial charge in [-0.25, -0.2) is 0 Å². The van der Waals surface area contributed by atoms with Crippen LogP contribution in [-0.4, -0.2) is 35.2 Å². The number of hydrogen-bond donors (Lipinski definition) is 1. The molecule has 0 spiro atoms. The van der Waals surface area contributed by atoms with E-state index in [1.165, 1.54) is 12.1 Å². The topological polar surface area (TPSA) is 23.5 Å². The Bertz CT molecular complexity index is 406. The van der Waals surface area contributed by atoms with Crippen LogP contribution in [0.1, 0.15) is 31.7 Å². The van der Waals surface area contributed by atoms with Crippen molar-refractivity contribution in [1.29, 1.82) is 0 Å². The summed E-state index contributed by atoms with van der Waals surface area (Å²) in [5, 5.41) is 9.97. The van der Waals surface area contributed by atoms with Gasteiger partial charge < -0.3 is 5.11 Å². The molecule has 1 atom stereocenters. The van der Waals surface area contributed by atoms with Crippen molar-refractivity contribution in [3.8, 4) is 0 Å². The van der Waals surface area contributed by atoms with Crippen LogP contribution in [0, 0.1) is 0 Å². The van der Waals surface area contributed by atoms with Crippen LogP contribution in [0.25, 0.3) is 0 Å². The second-order valence-electron chi connectivity index (χ2n) is 5.70. The lowest BCUT2D eigenvalue weighted by atomic mass is 9.98. The predicted octanol–water partition coefficient (Wildman–Crippen LogP) is 3.02. The van der Waals surface area contributed by atoms with Gasteiger partial charge in [0.25, 0.3) is 5.92 Å². The Morgan fingerprint density at radius 2 is 1.89 bits per heavy atom. The molecule has 19 heavy (non-hydrogen) atoms. The summed E-state index contributed by atoms with van der Waals surface area (Å²) in [5.74, 6) is -2.84. The summed E-state index contributed by atoms with van der Waals surface area (Å²) in [6.07, 6.45) is 2.00. The van der Waals surface area contributed by atoms with Crippen molar-refractivity contribution in [3.05, 3.63) is 35.9 Å². The van der Waals surface area contributed by atoms with Gasteiger partial charge in [-0.05, 0) is 32.7 Å². The highest BCUT2D eigenvalue weighted by atomic mass is 19.3. The highest BCUT2D eigenvalue weighted by Crippen LogP contribution is 2.30. The van der Waals surface area contributed by atoms with Gasteiger partial charge >= 0.3 is 0 Å². The smallest absolute Gasteiger partial charge is 0.285 e. The zero-order valence-electron chi connectivity index (χ0n) is 11.3. The van der Waals surface area contributed by atoms with E-state index in [0.717, 1.165) is 6.42 Å². The molecule has 1 unspecified atom stereocenters. The summed E-state index contributed by atoms with van der Waals surface area (Å²) >= 11 is 0. The van der Waals surface area contributed by atoms with Gasteiger partial charge in [-0.2, -0.15) is 8.78 Å². The Morgan fingerprint density at radius 3 is 2.58 bits per heavy atom. The zero-order valence-corrected chi connectivity index (χ0v) is 11.3. The number of aliphatic hydroxyl groups is 1. The summed E-state index contributed by atoms with van der Waals surface area (Å²) in [6, 6.07) is 7.94. The summed E-state index contributed by atoms with van der Waals surface area (Å²) in [5.41, 5.74) is -0.650. The molecule has 0 bridgehead atoms. The van der Waals surface area contributed by atoms with Crippen molar-refractivity contribution < 1.29 is 13.9 Å². The van der Waals surface area contributed by atoms with E-state index < -0.39 is 11.5 Å². The molecule has 0 radical (unpaired) electrons. The highest BCUT2D eigenvalue weighted by molar-refractivity contribution is 5.20. The molecule has 0 saturated carbocycles. The van der Waals surface area contributed by atoms with Gasteiger partial charge in [0.1, 0.15) is 0 Å². The molecule has 1 fully saturated rings. The van der Waals surface area contributed by atoms with E-state index in [0.29, 0.717) is 25.9 Å². The minimum atomic E-state index is -2.84. The third kappa shape index (κ3) is 3.98. The third-order valence-corrected chi connectivity index (χ3v) is 3.77. The SMILES string of the molecule is CC1(O)CCCN(CC(F)(F)c2ccccc2)CC1. The van der Waals surface area contributed by atoms with E-state index in [1.54, 1.807) is 30.0 Å². The molecule has 0 aromatic heterocycles. The van der Waals surface area contributed by atoms with Crippen LogP contribution < -0.4 is 0 Å². The molecule has 1 aromatic carbocycles. The molecule has 1 aliphatic rings. The fraction of sp³-hybridized carbons (Fsp3) is 0.600. The molecular weight excluding hydrogens is 248 g/mol. The van der Waals surface area contributed by atoms with Crippen LogP contribution in [0.2, 0.25) is 0 Å². The van der Waals surface area contributed by atoms with Crippen molar-refractivity contribution in [1.82, 2.24) is 4.90 Å². The van der Waals surface area contributed by atoms with Crippen LogP contribution >= 0.6 is 0 Å². The van der Waals surface area contributed by atoms with E-state index >= 15 is 0 Å². The number of benzene rings is 1. The van der Waals surface area contributed by atoms with Crippen LogP contribution in [0.3, 0.4) is 0 Å². The van der Waals surface area contributed by atoms with Gasteiger partial charge in [0.2, 0.25) is 0 Å². The number of nitrogens with zero attached hydrogens (tertiary/aromatic N) is 1. The van der Waals surface area contributed by atoms with E-state index in [-0.39, 0.29) is 12.1 Å². The number of alkyl halides is 2. The summed E-state index contributed by atoms with van der Waals surface area (Å²) in [6.45, 7) is 2.66. The Labute approximate surface area is 113 Å². The van der Waals surface area contributed by atoms with E-state index in [1.807, 2.05) is 0 Å². The average Bonchev–Trinajstić information content (AvgIpc) is 2.52. The van der Waals surface area contributed by atoms with E-state index in [9.17, 15) is 13.9 Å². The molecule has 1 heterocycles. The normalized spacial score (nSPS) is 26.1. The fourth-order valence-electron chi connectivity index (χ4n) is 2.53. The summed E-state index contributed by atoms with van der Waals surface area (Å²) in [7, 11) is 0. The number of rotatable bonds is 3. The minimum absolute atomic E-state index is 0.0611. The molecular formula is C15H21F2NO. The van der Waals surface area contributed by atoms with Crippen LogP contribution in [0.15, 0.2) is 30.3 Å². The molecule has 1 aromatic rings. The maximum Gasteiger partial charge on any atom is 0.285 e. The summed E-state index contributed by atoms with van der Waals surface area (Å²) in [4.78, 5) is 1.76. The van der Waals surface area contributed by atoms with E-state index in [2.05, 4.69) is 0 Å². The predicted molar refractivity (Wildman–Crippen MR) is 71.3 cm³/mol. The quantitative estimate of drug-likeness (QED) is 0.911. The molecule has 1 N–H and O–H groups in total. The first-order valence-electron chi connectivity index (χ1n) is 6.77. The molecule has 0 amide bonds. The Hall–Kier alpha value is -1.00. The minimum Gasteiger partial charge on any atom is -0.390 e. The van der Waals surface area contributed by atoms with Gasteiger partial charge in [0.05, 0.1) is 12.1 Å². The molecule has 0 aliphatic carbocycles. The van der Waals surface area contributed by atoms with Crippen molar-refractivity contribution in [3.63, 3.8) is 0 Å². The molecule has 4 heteroatoms. The zero-order chi connectivity index (χ0) is 13.9. The van der Waals surface area contributed by atoms with Crippen LogP contribution in [-0.2, 0) is 5.92 Å². The van der Waals surface area contributed by atoms with Crippen molar-refractivity contribution in [2.45, 2.75) is 37.7 Å². The van der Waals surface area contributed by atoms with Gasteiger partial charge in [-0.3, -0.25) is 4.90 Å². The first kappa shape index (κ1) is 14.4. The monoisotopic (exact) mass is 269 g/mol. The van der Waals surface area contributed by atoms with Crippen molar-refractivity contribution in [2.75, 3.05) is 19.6 Å². The van der Waals surface area contributed by atoms with Crippen molar-refractivity contribution in [2.24, 2.45) is 0 Å². The standard InChI is InChI=1S/C15H21F2NO/c1-14(19)8-5-10-18(11-9-14)12-15(16,17)13-6-3-2-4-7-13/h2-4,6-7,19H,5,8-12H2,1H3. The van der Waals surface area contributed by atoms with Crippen molar-refractivity contribution >= 4 is 0 Å². The van der Waals surface area contributed by atoms with Gasteiger partial charge in [-0.15, -0.1) is 0 Å². The lowest BCUT2D eigenvalue weighted by molar-refractivity contribution is -0.0391. The number of likely N-dealkylation sites (tertiary alicyclic amines) is 1. The van der Waals surface area contributed by atoms with Gasteiger partial charge in [0.15, 0.2) is 0 Å². The molecule has 1 aliphatic heterocycles. The fourth-order valence-corrected chi connectivity index (χ4v) is 2.53. The first-order chi connectivity index (χ1) is 8.89. The highest BCUT2D eigenvalue weighted by Gasteiger charge is 2.35. The van der Waals surface area contributed by atoms with Crippen LogP contribution in [0.5, 0.6) is 0 Å². The largest absolute Gasteiger partial charge is 0.390 e. The Morgan fingerprint density at radius 1 is 1.21 bits per heavy atom. The number of halogens is 2. The third-order valence-electron chi connectivity index (χ3n) is 3.77. The molecule has 2 nitrogen and oxygen atoms in total. The lowest BCUT2D eigenvalue weighted by Crippen LogP contribution is -2.36. The molecule has 2 rings (SSSR count). The average molecular weight is 269 g/mol. The number of hydrogen-bond acceptors (Lipinski definition) is 2. The maximum atomic E-state index is 14.2. The van der Waals surface area contributed by atoms with E-state index in [4.69, 9.17) is 0 Å².